The van der Waals surface area contributed by atoms with Crippen molar-refractivity contribution in [2.75, 3.05) is 34.4 Å². The second-order valence-electron chi connectivity index (χ2n) is 8.57. The van der Waals surface area contributed by atoms with Crippen molar-refractivity contribution in [3.8, 4) is 11.5 Å². The molecule has 0 atom stereocenters. The normalized spacial score (nSPS) is 15.3. The monoisotopic (exact) mass is 482 g/mol. The lowest BCUT2D eigenvalue weighted by Crippen LogP contribution is -2.43. The molecule has 0 aromatic heterocycles. The van der Waals surface area contributed by atoms with Gasteiger partial charge in [-0.3, -0.25) is 4.79 Å². The number of hydrogen-bond acceptors (Lipinski definition) is 5. The molecule has 0 aliphatic carbocycles. The largest absolute Gasteiger partial charge is 0.493 e. The Morgan fingerprint density at radius 3 is 2.29 bits per heavy atom. The third kappa shape index (κ3) is 4.88. The van der Waals surface area contributed by atoms with Crippen LogP contribution in [0.2, 0.25) is 0 Å². The van der Waals surface area contributed by atoms with Crippen molar-refractivity contribution in [2.45, 2.75) is 24.3 Å². The molecule has 7 nitrogen and oxygen atoms in total. The molecule has 0 spiro atoms. The summed E-state index contributed by atoms with van der Waals surface area (Å²) in [6.07, 6.45) is 0.987. The van der Waals surface area contributed by atoms with E-state index in [9.17, 15) is 13.2 Å². The molecule has 3 aromatic rings. The standard InChI is InChI=1S/C26H30N2O5S/c1-27(18-19-8-9-20-6-4-5-7-22(20)16-19)26(29)21-12-14-28(15-13-21)34(30,31)23-10-11-24(32-2)25(17-23)33-3/h4-11,16-17,21H,12-15,18H2,1-3H3. The van der Waals surface area contributed by atoms with Gasteiger partial charge in [0.2, 0.25) is 15.9 Å². The molecule has 0 unspecified atom stereocenters. The molecule has 0 bridgehead atoms. The van der Waals surface area contributed by atoms with Crippen molar-refractivity contribution in [3.05, 3.63) is 66.2 Å². The molecule has 3 aromatic carbocycles. The molecule has 0 N–H and O–H groups in total. The van der Waals surface area contributed by atoms with Crippen LogP contribution in [0.15, 0.2) is 65.6 Å². The van der Waals surface area contributed by atoms with Crippen LogP contribution in [0, 0.1) is 5.92 Å². The highest BCUT2D eigenvalue weighted by molar-refractivity contribution is 7.89. The van der Waals surface area contributed by atoms with E-state index in [0.717, 1.165) is 10.9 Å². The second-order valence-corrected chi connectivity index (χ2v) is 10.5. The van der Waals surface area contributed by atoms with E-state index >= 15 is 0 Å². The first-order chi connectivity index (χ1) is 16.3. The van der Waals surface area contributed by atoms with Gasteiger partial charge >= 0.3 is 0 Å². The zero-order chi connectivity index (χ0) is 24.3. The van der Waals surface area contributed by atoms with Crippen LogP contribution in [0.4, 0.5) is 0 Å². The fourth-order valence-electron chi connectivity index (χ4n) is 4.47. The van der Waals surface area contributed by atoms with Crippen LogP contribution in [0.3, 0.4) is 0 Å². The van der Waals surface area contributed by atoms with Crippen LogP contribution in [-0.2, 0) is 21.4 Å². The van der Waals surface area contributed by atoms with E-state index in [4.69, 9.17) is 9.47 Å². The Hall–Kier alpha value is -3.10. The third-order valence-electron chi connectivity index (χ3n) is 6.41. The van der Waals surface area contributed by atoms with Gasteiger partial charge in [0.15, 0.2) is 11.5 Å². The second kappa shape index (κ2) is 10.0. The van der Waals surface area contributed by atoms with Crippen LogP contribution < -0.4 is 9.47 Å². The average Bonchev–Trinajstić information content (AvgIpc) is 2.87. The Kier molecular flexibility index (Phi) is 7.09. The van der Waals surface area contributed by atoms with Gasteiger partial charge in [0.25, 0.3) is 0 Å². The molecular formula is C26H30N2O5S. The number of benzene rings is 3. The molecule has 1 aliphatic heterocycles. The number of fused-ring (bicyclic) bond motifs is 1. The summed E-state index contributed by atoms with van der Waals surface area (Å²) in [6.45, 7) is 1.13. The number of ether oxygens (including phenoxy) is 2. The lowest BCUT2D eigenvalue weighted by Gasteiger charge is -2.32. The number of carbonyl (C=O) groups is 1. The minimum absolute atomic E-state index is 0.0522. The predicted molar refractivity (Wildman–Crippen MR) is 131 cm³/mol. The summed E-state index contributed by atoms with van der Waals surface area (Å²) in [5.41, 5.74) is 1.07. The van der Waals surface area contributed by atoms with Crippen LogP contribution >= 0.6 is 0 Å². The maximum absolute atomic E-state index is 13.1. The van der Waals surface area contributed by atoms with E-state index in [1.54, 1.807) is 11.0 Å². The number of piperidine rings is 1. The lowest BCUT2D eigenvalue weighted by molar-refractivity contribution is -0.135. The summed E-state index contributed by atoms with van der Waals surface area (Å²) in [5, 5.41) is 2.32. The van der Waals surface area contributed by atoms with E-state index in [1.165, 1.54) is 36.0 Å². The minimum Gasteiger partial charge on any atom is -0.493 e. The predicted octanol–water partition coefficient (Wildman–Crippen LogP) is 3.92. The number of amides is 1. The van der Waals surface area contributed by atoms with Gasteiger partial charge < -0.3 is 14.4 Å². The van der Waals surface area contributed by atoms with Crippen LogP contribution in [0.5, 0.6) is 11.5 Å². The molecule has 0 saturated carbocycles. The van der Waals surface area contributed by atoms with Gasteiger partial charge in [0, 0.05) is 38.7 Å². The Morgan fingerprint density at radius 1 is 0.941 bits per heavy atom. The number of rotatable bonds is 7. The minimum atomic E-state index is -3.69. The zero-order valence-electron chi connectivity index (χ0n) is 19.7. The average molecular weight is 483 g/mol. The highest BCUT2D eigenvalue weighted by atomic mass is 32.2. The van der Waals surface area contributed by atoms with Crippen molar-refractivity contribution >= 4 is 26.7 Å². The highest BCUT2D eigenvalue weighted by Gasteiger charge is 2.33. The smallest absolute Gasteiger partial charge is 0.243 e. The fraction of sp³-hybridized carbons (Fsp3) is 0.346. The fourth-order valence-corrected chi connectivity index (χ4v) is 5.96. The van der Waals surface area contributed by atoms with E-state index in [2.05, 4.69) is 24.3 Å². The van der Waals surface area contributed by atoms with Crippen LogP contribution in [0.25, 0.3) is 10.8 Å². The van der Waals surface area contributed by atoms with Gasteiger partial charge in [0.05, 0.1) is 19.1 Å². The molecule has 1 amide bonds. The van der Waals surface area contributed by atoms with Gasteiger partial charge in [-0.25, -0.2) is 8.42 Å². The summed E-state index contributed by atoms with van der Waals surface area (Å²) < 4.78 is 38.2. The van der Waals surface area contributed by atoms with E-state index in [0.29, 0.717) is 44.0 Å². The molecule has 1 aliphatic rings. The third-order valence-corrected chi connectivity index (χ3v) is 8.30. The molecule has 4 rings (SSSR count). The number of carbonyl (C=O) groups excluding carboxylic acids is 1. The molecule has 1 heterocycles. The summed E-state index contributed by atoms with van der Waals surface area (Å²) in [5.74, 6) is 0.697. The number of hydrogen-bond donors (Lipinski definition) is 0. The molecular weight excluding hydrogens is 452 g/mol. The Labute approximate surface area is 200 Å². The van der Waals surface area contributed by atoms with Crippen molar-refractivity contribution in [3.63, 3.8) is 0 Å². The number of methoxy groups -OCH3 is 2. The Bertz CT molecular complexity index is 1280. The van der Waals surface area contributed by atoms with Crippen molar-refractivity contribution < 1.29 is 22.7 Å². The maximum atomic E-state index is 13.1. The molecule has 1 saturated heterocycles. The summed E-state index contributed by atoms with van der Waals surface area (Å²) in [4.78, 5) is 15.0. The van der Waals surface area contributed by atoms with Crippen molar-refractivity contribution in [1.29, 1.82) is 0 Å². The van der Waals surface area contributed by atoms with E-state index in [1.807, 2.05) is 25.2 Å². The quantitative estimate of drug-likeness (QED) is 0.510. The molecule has 34 heavy (non-hydrogen) atoms. The summed E-state index contributed by atoms with van der Waals surface area (Å²) >= 11 is 0. The maximum Gasteiger partial charge on any atom is 0.243 e. The van der Waals surface area contributed by atoms with Gasteiger partial charge in [-0.1, -0.05) is 36.4 Å². The summed E-state index contributed by atoms with van der Waals surface area (Å²) in [6, 6.07) is 19.0. The number of nitrogens with zero attached hydrogens (tertiary/aromatic N) is 2. The molecule has 8 heteroatoms. The van der Waals surface area contributed by atoms with Crippen LogP contribution in [0.1, 0.15) is 18.4 Å². The first-order valence-electron chi connectivity index (χ1n) is 11.3. The molecule has 0 radical (unpaired) electrons. The molecule has 180 valence electrons. The van der Waals surface area contributed by atoms with Gasteiger partial charge in [-0.2, -0.15) is 4.31 Å². The first kappa shape index (κ1) is 24.0. The lowest BCUT2D eigenvalue weighted by atomic mass is 9.96. The van der Waals surface area contributed by atoms with Crippen molar-refractivity contribution in [2.24, 2.45) is 5.92 Å². The Morgan fingerprint density at radius 2 is 1.62 bits per heavy atom. The van der Waals surface area contributed by atoms with Crippen LogP contribution in [-0.4, -0.2) is 57.9 Å². The van der Waals surface area contributed by atoms with Gasteiger partial charge in [0.1, 0.15) is 0 Å². The molecule has 1 fully saturated rings. The highest BCUT2D eigenvalue weighted by Crippen LogP contribution is 2.32. The van der Waals surface area contributed by atoms with Crippen molar-refractivity contribution in [1.82, 2.24) is 9.21 Å². The summed E-state index contributed by atoms with van der Waals surface area (Å²) in [7, 11) is 1.10. The Balaban J connectivity index is 1.39. The number of sulfonamides is 1. The van der Waals surface area contributed by atoms with Gasteiger partial charge in [-0.05, 0) is 47.4 Å². The zero-order valence-corrected chi connectivity index (χ0v) is 20.5. The van der Waals surface area contributed by atoms with E-state index < -0.39 is 10.0 Å². The SMILES string of the molecule is COc1ccc(S(=O)(=O)N2CCC(C(=O)N(C)Cc3ccc4ccccc4c3)CC2)cc1OC. The van der Waals surface area contributed by atoms with E-state index in [-0.39, 0.29) is 16.7 Å². The first-order valence-corrected chi connectivity index (χ1v) is 12.7. The topological polar surface area (TPSA) is 76.2 Å². The van der Waals surface area contributed by atoms with Gasteiger partial charge in [-0.15, -0.1) is 0 Å².